The highest BCUT2D eigenvalue weighted by molar-refractivity contribution is 5.37. The average molecular weight is 213 g/mol. The number of aromatic nitrogens is 1. The van der Waals surface area contributed by atoms with Crippen molar-refractivity contribution in [2.75, 3.05) is 0 Å². The molecule has 3 N–H and O–H groups in total. The molecular formula is C9H9F2N3O. The van der Waals surface area contributed by atoms with Gasteiger partial charge in [-0.2, -0.15) is 5.26 Å². The van der Waals surface area contributed by atoms with Crippen LogP contribution < -0.4 is 5.73 Å². The van der Waals surface area contributed by atoms with Gasteiger partial charge in [0.05, 0.1) is 12.3 Å². The Bertz CT molecular complexity index is 376. The van der Waals surface area contributed by atoms with Crippen LogP contribution in [0.2, 0.25) is 0 Å². The lowest BCUT2D eigenvalue weighted by molar-refractivity contribution is 0.145. The predicted octanol–water partition coefficient (Wildman–Crippen LogP) is 0.842. The van der Waals surface area contributed by atoms with E-state index in [1.165, 1.54) is 6.07 Å². The predicted molar refractivity (Wildman–Crippen MR) is 47.7 cm³/mol. The van der Waals surface area contributed by atoms with Crippen LogP contribution in [0.3, 0.4) is 0 Å². The third-order valence-corrected chi connectivity index (χ3v) is 1.93. The fraction of sp³-hybridized carbons (Fsp3) is 0.333. The molecule has 0 spiro atoms. The summed E-state index contributed by atoms with van der Waals surface area (Å²) in [5, 5.41) is 17.4. The summed E-state index contributed by atoms with van der Waals surface area (Å²) in [5.74, 6) is 0. The first-order valence-electron chi connectivity index (χ1n) is 4.15. The van der Waals surface area contributed by atoms with Crippen LogP contribution in [0.15, 0.2) is 6.07 Å². The van der Waals surface area contributed by atoms with Crippen LogP contribution >= 0.6 is 0 Å². The molecule has 1 aromatic heterocycles. The normalized spacial score (nSPS) is 10.4. The van der Waals surface area contributed by atoms with Crippen LogP contribution in [0.25, 0.3) is 0 Å². The molecule has 1 rings (SSSR count). The highest BCUT2D eigenvalue weighted by atomic mass is 19.3. The lowest BCUT2D eigenvalue weighted by Gasteiger charge is -2.11. The summed E-state index contributed by atoms with van der Waals surface area (Å²) < 4.78 is 25.2. The van der Waals surface area contributed by atoms with E-state index in [2.05, 4.69) is 4.98 Å². The highest BCUT2D eigenvalue weighted by Crippen LogP contribution is 2.26. The van der Waals surface area contributed by atoms with E-state index in [0.29, 0.717) is 0 Å². The Hall–Kier alpha value is -1.58. The summed E-state index contributed by atoms with van der Waals surface area (Å²) in [7, 11) is 0. The lowest BCUT2D eigenvalue weighted by Crippen LogP contribution is -2.09. The molecule has 0 atom stereocenters. The van der Waals surface area contributed by atoms with E-state index >= 15 is 0 Å². The maximum atomic E-state index is 12.6. The zero-order chi connectivity index (χ0) is 11.4. The maximum Gasteiger partial charge on any atom is 0.266 e. The van der Waals surface area contributed by atoms with Gasteiger partial charge in [-0.3, -0.25) is 0 Å². The topological polar surface area (TPSA) is 82.9 Å². The van der Waals surface area contributed by atoms with Crippen LogP contribution in [0.1, 0.15) is 28.9 Å². The van der Waals surface area contributed by atoms with Gasteiger partial charge in [-0.25, -0.2) is 13.8 Å². The number of nitriles is 1. The van der Waals surface area contributed by atoms with Crippen molar-refractivity contribution in [3.63, 3.8) is 0 Å². The second-order valence-electron chi connectivity index (χ2n) is 2.80. The first-order chi connectivity index (χ1) is 7.13. The molecule has 1 heterocycles. The van der Waals surface area contributed by atoms with Crippen molar-refractivity contribution in [3.8, 4) is 6.07 Å². The Balaban J connectivity index is 3.41. The minimum atomic E-state index is -2.76. The zero-order valence-corrected chi connectivity index (χ0v) is 7.74. The third-order valence-electron chi connectivity index (χ3n) is 1.93. The smallest absolute Gasteiger partial charge is 0.266 e. The number of aliphatic hydroxyl groups excluding tert-OH is 1. The van der Waals surface area contributed by atoms with Gasteiger partial charge in [-0.15, -0.1) is 0 Å². The van der Waals surface area contributed by atoms with Crippen LogP contribution in [0.5, 0.6) is 0 Å². The van der Waals surface area contributed by atoms with E-state index in [1.54, 1.807) is 6.07 Å². The van der Waals surface area contributed by atoms with Gasteiger partial charge in [-0.05, 0) is 11.6 Å². The molecule has 0 aliphatic carbocycles. The third kappa shape index (κ3) is 2.26. The van der Waals surface area contributed by atoms with E-state index in [9.17, 15) is 8.78 Å². The standard InChI is InChI=1S/C9H9F2N3O/c10-9(11)8-5(2-12)1-6(3-13)14-7(8)4-15/h1,9,15H,2,4,12H2. The van der Waals surface area contributed by atoms with Crippen molar-refractivity contribution in [1.82, 2.24) is 4.98 Å². The summed E-state index contributed by atoms with van der Waals surface area (Å²) in [6.45, 7) is -0.758. The molecule has 0 unspecified atom stereocenters. The molecular weight excluding hydrogens is 204 g/mol. The van der Waals surface area contributed by atoms with E-state index < -0.39 is 13.0 Å². The number of alkyl halides is 2. The summed E-state index contributed by atoms with van der Waals surface area (Å²) in [6.07, 6.45) is -2.76. The van der Waals surface area contributed by atoms with Gasteiger partial charge in [0, 0.05) is 12.1 Å². The number of halogens is 2. The van der Waals surface area contributed by atoms with Crippen LogP contribution in [-0.4, -0.2) is 10.1 Å². The van der Waals surface area contributed by atoms with Crippen molar-refractivity contribution in [1.29, 1.82) is 5.26 Å². The number of hydrogen-bond donors (Lipinski definition) is 2. The molecule has 0 aliphatic heterocycles. The Labute approximate surface area is 85.0 Å². The number of nitrogens with zero attached hydrogens (tertiary/aromatic N) is 2. The largest absolute Gasteiger partial charge is 0.390 e. The van der Waals surface area contributed by atoms with Crippen LogP contribution in [0.4, 0.5) is 8.78 Å². The Kier molecular flexibility index (Phi) is 3.66. The molecule has 0 saturated heterocycles. The molecule has 15 heavy (non-hydrogen) atoms. The molecule has 6 heteroatoms. The average Bonchev–Trinajstić information content (AvgIpc) is 2.26. The number of aliphatic hydroxyl groups is 1. The van der Waals surface area contributed by atoms with Gasteiger partial charge < -0.3 is 10.8 Å². The van der Waals surface area contributed by atoms with Gasteiger partial charge in [0.1, 0.15) is 11.8 Å². The molecule has 0 saturated carbocycles. The molecule has 4 nitrogen and oxygen atoms in total. The van der Waals surface area contributed by atoms with Crippen molar-refractivity contribution in [2.45, 2.75) is 19.6 Å². The molecule has 0 aromatic carbocycles. The molecule has 0 aliphatic rings. The van der Waals surface area contributed by atoms with Gasteiger partial charge >= 0.3 is 0 Å². The Morgan fingerprint density at radius 3 is 2.67 bits per heavy atom. The van der Waals surface area contributed by atoms with E-state index in [0.717, 1.165) is 0 Å². The quantitative estimate of drug-likeness (QED) is 0.779. The van der Waals surface area contributed by atoms with Crippen LogP contribution in [0, 0.1) is 11.3 Å². The minimum Gasteiger partial charge on any atom is -0.390 e. The van der Waals surface area contributed by atoms with Crippen molar-refractivity contribution >= 4 is 0 Å². The first kappa shape index (κ1) is 11.5. The highest BCUT2D eigenvalue weighted by Gasteiger charge is 2.19. The monoisotopic (exact) mass is 213 g/mol. The molecule has 0 amide bonds. The number of rotatable bonds is 3. The SMILES string of the molecule is N#Cc1cc(CN)c(C(F)F)c(CO)n1. The summed E-state index contributed by atoms with van der Waals surface area (Å²) in [4.78, 5) is 3.59. The molecule has 1 aromatic rings. The fourth-order valence-electron chi connectivity index (χ4n) is 1.28. The maximum absolute atomic E-state index is 12.6. The summed E-state index contributed by atoms with van der Waals surface area (Å²) in [6, 6.07) is 2.93. The second-order valence-corrected chi connectivity index (χ2v) is 2.80. The number of hydrogen-bond acceptors (Lipinski definition) is 4. The van der Waals surface area contributed by atoms with Crippen LogP contribution in [-0.2, 0) is 13.2 Å². The van der Waals surface area contributed by atoms with Gasteiger partial charge in [0.25, 0.3) is 6.43 Å². The molecule has 0 radical (unpaired) electrons. The number of nitrogens with two attached hydrogens (primary N) is 1. The lowest BCUT2D eigenvalue weighted by atomic mass is 10.1. The Morgan fingerprint density at radius 1 is 1.60 bits per heavy atom. The van der Waals surface area contributed by atoms with Gasteiger partial charge in [-0.1, -0.05) is 0 Å². The van der Waals surface area contributed by atoms with Gasteiger partial charge in [0.15, 0.2) is 0 Å². The molecule has 0 bridgehead atoms. The van der Waals surface area contributed by atoms with E-state index in [4.69, 9.17) is 16.1 Å². The minimum absolute atomic E-state index is 0.0242. The van der Waals surface area contributed by atoms with Crippen molar-refractivity contribution in [3.05, 3.63) is 28.6 Å². The van der Waals surface area contributed by atoms with Crippen molar-refractivity contribution < 1.29 is 13.9 Å². The fourth-order valence-corrected chi connectivity index (χ4v) is 1.28. The Morgan fingerprint density at radius 2 is 2.27 bits per heavy atom. The molecule has 80 valence electrons. The second kappa shape index (κ2) is 4.77. The van der Waals surface area contributed by atoms with E-state index in [1.807, 2.05) is 0 Å². The summed E-state index contributed by atoms with van der Waals surface area (Å²) in [5.41, 5.74) is 4.83. The van der Waals surface area contributed by atoms with Crippen molar-refractivity contribution in [2.24, 2.45) is 5.73 Å². The van der Waals surface area contributed by atoms with Gasteiger partial charge in [0.2, 0.25) is 0 Å². The van der Waals surface area contributed by atoms with E-state index in [-0.39, 0.29) is 29.1 Å². The molecule has 0 fully saturated rings. The summed E-state index contributed by atoms with van der Waals surface area (Å²) >= 11 is 0. The number of pyridine rings is 1. The first-order valence-corrected chi connectivity index (χ1v) is 4.15. The zero-order valence-electron chi connectivity index (χ0n) is 7.74.